The van der Waals surface area contributed by atoms with Crippen LogP contribution in [0.15, 0.2) is 28.7 Å². The molecule has 1 aromatic carbocycles. The van der Waals surface area contributed by atoms with Crippen LogP contribution in [0.3, 0.4) is 0 Å². The molecule has 0 radical (unpaired) electrons. The molecular formula is C18H25NO2. The zero-order valence-electron chi connectivity index (χ0n) is 13.0. The third kappa shape index (κ3) is 3.24. The van der Waals surface area contributed by atoms with Crippen molar-refractivity contribution in [1.82, 2.24) is 5.32 Å². The van der Waals surface area contributed by atoms with E-state index < -0.39 is 0 Å². The van der Waals surface area contributed by atoms with Gasteiger partial charge in [0.25, 0.3) is 0 Å². The highest BCUT2D eigenvalue weighted by atomic mass is 16.5. The van der Waals surface area contributed by atoms with Gasteiger partial charge in [0.1, 0.15) is 5.76 Å². The van der Waals surface area contributed by atoms with E-state index in [2.05, 4.69) is 24.4 Å². The van der Waals surface area contributed by atoms with Crippen molar-refractivity contribution in [1.29, 1.82) is 0 Å². The minimum Gasteiger partial charge on any atom is -0.493 e. The molecule has 21 heavy (non-hydrogen) atoms. The highest BCUT2D eigenvalue weighted by Gasteiger charge is 2.16. The van der Waals surface area contributed by atoms with E-state index in [1.54, 1.807) is 7.11 Å². The Morgan fingerprint density at radius 2 is 2.14 bits per heavy atom. The molecule has 114 valence electrons. The van der Waals surface area contributed by atoms with Gasteiger partial charge in [-0.15, -0.1) is 0 Å². The molecule has 2 aromatic rings. The number of methoxy groups -OCH3 is 1. The normalized spacial score (nSPS) is 17.4. The maximum absolute atomic E-state index is 5.99. The van der Waals surface area contributed by atoms with Gasteiger partial charge in [-0.05, 0) is 37.9 Å². The predicted octanol–water partition coefficient (Wildman–Crippen LogP) is 4.67. The fraction of sp³-hybridized carbons (Fsp3) is 0.556. The minimum absolute atomic E-state index is 0.239. The largest absolute Gasteiger partial charge is 0.493 e. The molecule has 0 bridgehead atoms. The zero-order chi connectivity index (χ0) is 14.7. The molecule has 3 heteroatoms. The Kier molecular flexibility index (Phi) is 4.49. The summed E-state index contributed by atoms with van der Waals surface area (Å²) in [6.07, 6.45) is 6.96. The molecule has 0 saturated heterocycles. The van der Waals surface area contributed by atoms with Gasteiger partial charge in [0, 0.05) is 5.39 Å². The Bertz CT molecular complexity index is 584. The Morgan fingerprint density at radius 1 is 1.33 bits per heavy atom. The Balaban J connectivity index is 1.62. The van der Waals surface area contributed by atoms with E-state index in [-0.39, 0.29) is 6.04 Å². The highest BCUT2D eigenvalue weighted by molar-refractivity contribution is 5.83. The summed E-state index contributed by atoms with van der Waals surface area (Å²) in [5.74, 6) is 2.72. The van der Waals surface area contributed by atoms with Gasteiger partial charge in [-0.25, -0.2) is 0 Å². The third-order valence-corrected chi connectivity index (χ3v) is 4.65. The minimum atomic E-state index is 0.239. The van der Waals surface area contributed by atoms with Gasteiger partial charge in [0.2, 0.25) is 0 Å². The van der Waals surface area contributed by atoms with Gasteiger partial charge in [-0.2, -0.15) is 0 Å². The topological polar surface area (TPSA) is 34.4 Å². The first kappa shape index (κ1) is 14.5. The summed E-state index contributed by atoms with van der Waals surface area (Å²) in [7, 11) is 1.68. The summed E-state index contributed by atoms with van der Waals surface area (Å²) in [5.41, 5.74) is 0.847. The summed E-state index contributed by atoms with van der Waals surface area (Å²) < 4.78 is 11.3. The van der Waals surface area contributed by atoms with Crippen LogP contribution in [-0.2, 0) is 0 Å². The molecule has 1 unspecified atom stereocenters. The quantitative estimate of drug-likeness (QED) is 0.838. The Labute approximate surface area is 126 Å². The van der Waals surface area contributed by atoms with Gasteiger partial charge in [0.15, 0.2) is 11.3 Å². The van der Waals surface area contributed by atoms with Crippen LogP contribution < -0.4 is 10.1 Å². The lowest BCUT2D eigenvalue weighted by molar-refractivity contribution is 0.393. The van der Waals surface area contributed by atoms with Crippen LogP contribution in [0.2, 0.25) is 0 Å². The van der Waals surface area contributed by atoms with E-state index in [9.17, 15) is 0 Å². The standard InChI is InChI=1S/C18H25NO2/c1-13(19-11-10-14-6-3-4-7-14)17-12-15-8-5-9-16(20-2)18(15)21-17/h5,8-9,12-14,19H,3-4,6-7,10-11H2,1-2H3. The number of ether oxygens (including phenoxy) is 1. The van der Waals surface area contributed by atoms with Crippen LogP contribution in [0.1, 0.15) is 50.8 Å². The molecule has 0 amide bonds. The lowest BCUT2D eigenvalue weighted by atomic mass is 10.0. The summed E-state index contributed by atoms with van der Waals surface area (Å²) in [5, 5.41) is 4.70. The number of fused-ring (bicyclic) bond motifs is 1. The van der Waals surface area contributed by atoms with Crippen LogP contribution in [0, 0.1) is 5.92 Å². The van der Waals surface area contributed by atoms with Gasteiger partial charge < -0.3 is 14.5 Å². The molecule has 3 rings (SSSR count). The van der Waals surface area contributed by atoms with Crippen molar-refractivity contribution < 1.29 is 9.15 Å². The van der Waals surface area contributed by atoms with Crippen LogP contribution in [0.4, 0.5) is 0 Å². The number of para-hydroxylation sites is 1. The van der Waals surface area contributed by atoms with Gasteiger partial charge in [0.05, 0.1) is 13.2 Å². The van der Waals surface area contributed by atoms with Crippen LogP contribution >= 0.6 is 0 Å². The maximum atomic E-state index is 5.99. The maximum Gasteiger partial charge on any atom is 0.176 e. The number of furan rings is 1. The highest BCUT2D eigenvalue weighted by Crippen LogP contribution is 2.31. The molecule has 0 aliphatic heterocycles. The summed E-state index contributed by atoms with van der Waals surface area (Å²) >= 11 is 0. The van der Waals surface area contributed by atoms with Crippen LogP contribution in [0.25, 0.3) is 11.0 Å². The van der Waals surface area contributed by atoms with E-state index in [4.69, 9.17) is 9.15 Å². The number of hydrogen-bond acceptors (Lipinski definition) is 3. The molecule has 1 aliphatic rings. The fourth-order valence-electron chi connectivity index (χ4n) is 3.33. The van der Waals surface area contributed by atoms with Crippen LogP contribution in [-0.4, -0.2) is 13.7 Å². The smallest absolute Gasteiger partial charge is 0.176 e. The van der Waals surface area contributed by atoms with Gasteiger partial charge in [-0.1, -0.05) is 37.8 Å². The molecule has 1 saturated carbocycles. The molecule has 3 nitrogen and oxygen atoms in total. The Morgan fingerprint density at radius 3 is 2.90 bits per heavy atom. The van der Waals surface area contributed by atoms with Gasteiger partial charge >= 0.3 is 0 Å². The van der Waals surface area contributed by atoms with Crippen molar-refractivity contribution in [2.75, 3.05) is 13.7 Å². The van der Waals surface area contributed by atoms with Crippen molar-refractivity contribution >= 4 is 11.0 Å². The van der Waals surface area contributed by atoms with Crippen LogP contribution in [0.5, 0.6) is 5.75 Å². The number of benzene rings is 1. The second kappa shape index (κ2) is 6.52. The fourth-order valence-corrected chi connectivity index (χ4v) is 3.33. The van der Waals surface area contributed by atoms with E-state index in [1.807, 2.05) is 12.1 Å². The molecule has 1 atom stereocenters. The molecule has 1 N–H and O–H groups in total. The van der Waals surface area contributed by atoms with E-state index >= 15 is 0 Å². The van der Waals surface area contributed by atoms with Gasteiger partial charge in [-0.3, -0.25) is 0 Å². The Hall–Kier alpha value is -1.48. The van der Waals surface area contributed by atoms with Crippen molar-refractivity contribution in [3.63, 3.8) is 0 Å². The molecule has 1 heterocycles. The lowest BCUT2D eigenvalue weighted by Crippen LogP contribution is -2.21. The molecule has 1 aliphatic carbocycles. The average Bonchev–Trinajstić information content (AvgIpc) is 3.15. The SMILES string of the molecule is COc1cccc2cc(C(C)NCCC3CCCC3)oc12. The van der Waals surface area contributed by atoms with Crippen molar-refractivity contribution in [2.24, 2.45) is 5.92 Å². The monoisotopic (exact) mass is 287 g/mol. The second-order valence-electron chi connectivity index (χ2n) is 6.14. The van der Waals surface area contributed by atoms with Crippen molar-refractivity contribution in [2.45, 2.75) is 45.1 Å². The zero-order valence-corrected chi connectivity index (χ0v) is 13.0. The number of hydrogen-bond donors (Lipinski definition) is 1. The summed E-state index contributed by atoms with van der Waals surface area (Å²) in [4.78, 5) is 0. The average molecular weight is 287 g/mol. The van der Waals surface area contributed by atoms with E-state index in [1.165, 1.54) is 32.1 Å². The summed E-state index contributed by atoms with van der Waals surface area (Å²) in [6, 6.07) is 8.36. The molecule has 0 spiro atoms. The first-order chi connectivity index (χ1) is 10.3. The first-order valence-corrected chi connectivity index (χ1v) is 8.07. The molecular weight excluding hydrogens is 262 g/mol. The van der Waals surface area contributed by atoms with Crippen molar-refractivity contribution in [3.05, 3.63) is 30.0 Å². The van der Waals surface area contributed by atoms with Crippen molar-refractivity contribution in [3.8, 4) is 5.75 Å². The number of rotatable bonds is 6. The molecule has 1 fully saturated rings. The molecule has 1 aromatic heterocycles. The lowest BCUT2D eigenvalue weighted by Gasteiger charge is -2.13. The predicted molar refractivity (Wildman–Crippen MR) is 85.8 cm³/mol. The van der Waals surface area contributed by atoms with E-state index in [0.717, 1.165) is 34.9 Å². The first-order valence-electron chi connectivity index (χ1n) is 8.07. The second-order valence-corrected chi connectivity index (χ2v) is 6.14. The van der Waals surface area contributed by atoms with E-state index in [0.29, 0.717) is 0 Å². The number of nitrogens with one attached hydrogen (secondary N) is 1. The summed E-state index contributed by atoms with van der Waals surface area (Å²) in [6.45, 7) is 3.23. The third-order valence-electron chi connectivity index (χ3n) is 4.65.